The van der Waals surface area contributed by atoms with E-state index in [9.17, 15) is 9.59 Å². The van der Waals surface area contributed by atoms with Crippen LogP contribution in [0.25, 0.3) is 0 Å². The minimum Gasteiger partial charge on any atom is -0.493 e. The third-order valence-electron chi connectivity index (χ3n) is 3.71. The predicted octanol–water partition coefficient (Wildman–Crippen LogP) is 2.22. The Kier molecular flexibility index (Phi) is 4.74. The summed E-state index contributed by atoms with van der Waals surface area (Å²) in [6.07, 6.45) is 0.181. The van der Waals surface area contributed by atoms with E-state index in [4.69, 9.17) is 14.2 Å². The third-order valence-corrected chi connectivity index (χ3v) is 3.71. The molecular formula is C18H18N2O5. The van der Waals surface area contributed by atoms with Crippen LogP contribution in [0, 0.1) is 0 Å². The minimum atomic E-state index is -0.221. The third kappa shape index (κ3) is 3.82. The van der Waals surface area contributed by atoms with Gasteiger partial charge >= 0.3 is 0 Å². The molecule has 0 bridgehead atoms. The molecule has 2 N–H and O–H groups in total. The van der Waals surface area contributed by atoms with E-state index in [0.717, 1.165) is 5.56 Å². The van der Waals surface area contributed by atoms with Gasteiger partial charge in [-0.25, -0.2) is 0 Å². The molecule has 0 saturated heterocycles. The van der Waals surface area contributed by atoms with Gasteiger partial charge in [-0.3, -0.25) is 9.59 Å². The first kappa shape index (κ1) is 16.6. The summed E-state index contributed by atoms with van der Waals surface area (Å²) in [5.74, 6) is 1.35. The fourth-order valence-electron chi connectivity index (χ4n) is 2.54. The number of carbonyl (C=O) groups excluding carboxylic acids is 2. The maximum Gasteiger partial charge on any atom is 0.262 e. The van der Waals surface area contributed by atoms with Crippen molar-refractivity contribution in [2.24, 2.45) is 0 Å². The van der Waals surface area contributed by atoms with E-state index in [0.29, 0.717) is 28.6 Å². The molecule has 0 radical (unpaired) electrons. The van der Waals surface area contributed by atoms with Crippen molar-refractivity contribution < 1.29 is 23.8 Å². The number of benzene rings is 2. The number of anilines is 2. The molecule has 2 aromatic carbocycles. The van der Waals surface area contributed by atoms with Crippen LogP contribution >= 0.6 is 0 Å². The van der Waals surface area contributed by atoms with Crippen LogP contribution in [0.2, 0.25) is 0 Å². The van der Waals surface area contributed by atoms with Gasteiger partial charge in [0.2, 0.25) is 5.91 Å². The van der Waals surface area contributed by atoms with Crippen molar-refractivity contribution in [3.05, 3.63) is 42.0 Å². The molecule has 2 amide bonds. The lowest BCUT2D eigenvalue weighted by Crippen LogP contribution is -2.25. The summed E-state index contributed by atoms with van der Waals surface area (Å²) in [5, 5.41) is 5.51. The fourth-order valence-corrected chi connectivity index (χ4v) is 2.54. The van der Waals surface area contributed by atoms with E-state index in [1.54, 1.807) is 44.6 Å². The van der Waals surface area contributed by atoms with E-state index in [2.05, 4.69) is 10.6 Å². The summed E-state index contributed by atoms with van der Waals surface area (Å²) in [5.41, 5.74) is 1.92. The van der Waals surface area contributed by atoms with Gasteiger partial charge in [-0.1, -0.05) is 6.07 Å². The zero-order chi connectivity index (χ0) is 17.8. The van der Waals surface area contributed by atoms with Gasteiger partial charge in [0.15, 0.2) is 18.1 Å². The molecule has 0 saturated carbocycles. The first-order valence-electron chi connectivity index (χ1n) is 7.66. The molecule has 0 atom stereocenters. The Morgan fingerprint density at radius 1 is 1.16 bits per heavy atom. The summed E-state index contributed by atoms with van der Waals surface area (Å²) in [4.78, 5) is 23.6. The van der Waals surface area contributed by atoms with Crippen LogP contribution in [0.3, 0.4) is 0 Å². The molecule has 7 nitrogen and oxygen atoms in total. The van der Waals surface area contributed by atoms with Crippen LogP contribution in [-0.2, 0) is 16.0 Å². The molecule has 2 aromatic rings. The van der Waals surface area contributed by atoms with E-state index in [1.165, 1.54) is 0 Å². The Labute approximate surface area is 144 Å². The smallest absolute Gasteiger partial charge is 0.262 e. The Hall–Kier alpha value is -3.22. The van der Waals surface area contributed by atoms with Gasteiger partial charge in [0, 0.05) is 5.69 Å². The van der Waals surface area contributed by atoms with Gasteiger partial charge in [-0.2, -0.15) is 0 Å². The average Bonchev–Trinajstić information content (AvgIpc) is 2.61. The summed E-state index contributed by atoms with van der Waals surface area (Å²) in [7, 11) is 3.11. The monoisotopic (exact) mass is 342 g/mol. The van der Waals surface area contributed by atoms with Crippen LogP contribution < -0.4 is 24.8 Å². The second-order valence-electron chi connectivity index (χ2n) is 5.46. The Morgan fingerprint density at radius 3 is 2.72 bits per heavy atom. The normalized spacial score (nSPS) is 12.5. The first-order chi connectivity index (χ1) is 12.1. The highest BCUT2D eigenvalue weighted by molar-refractivity contribution is 5.98. The molecule has 25 heavy (non-hydrogen) atoms. The predicted molar refractivity (Wildman–Crippen MR) is 92.4 cm³/mol. The summed E-state index contributed by atoms with van der Waals surface area (Å²) in [6, 6.07) is 10.4. The van der Waals surface area contributed by atoms with Crippen LogP contribution in [0.5, 0.6) is 17.2 Å². The molecule has 0 aromatic heterocycles. The molecule has 0 unspecified atom stereocenters. The lowest BCUT2D eigenvalue weighted by atomic mass is 10.1. The van der Waals surface area contributed by atoms with Gasteiger partial charge in [0.25, 0.3) is 5.91 Å². The molecule has 0 aliphatic carbocycles. The number of fused-ring (bicyclic) bond motifs is 1. The largest absolute Gasteiger partial charge is 0.493 e. The second-order valence-corrected chi connectivity index (χ2v) is 5.46. The Balaban J connectivity index is 1.69. The van der Waals surface area contributed by atoms with Gasteiger partial charge in [0.1, 0.15) is 5.75 Å². The van der Waals surface area contributed by atoms with Crippen LogP contribution in [0.1, 0.15) is 5.56 Å². The number of nitrogens with one attached hydrogen (secondary N) is 2. The number of rotatable bonds is 5. The molecule has 1 heterocycles. The van der Waals surface area contributed by atoms with Crippen molar-refractivity contribution in [3.63, 3.8) is 0 Å². The van der Waals surface area contributed by atoms with Crippen molar-refractivity contribution >= 4 is 23.2 Å². The van der Waals surface area contributed by atoms with Gasteiger partial charge in [-0.05, 0) is 35.9 Å². The zero-order valence-corrected chi connectivity index (χ0v) is 13.9. The van der Waals surface area contributed by atoms with Crippen molar-refractivity contribution in [2.45, 2.75) is 6.42 Å². The fraction of sp³-hybridized carbons (Fsp3) is 0.222. The highest BCUT2D eigenvalue weighted by Crippen LogP contribution is 2.31. The SMILES string of the molecule is COc1ccc(CC(=O)Nc2ccc3c(c2)NC(=O)CO3)cc1OC. The molecule has 0 spiro atoms. The van der Waals surface area contributed by atoms with E-state index in [1.807, 2.05) is 6.07 Å². The van der Waals surface area contributed by atoms with E-state index < -0.39 is 0 Å². The number of methoxy groups -OCH3 is 2. The number of carbonyl (C=O) groups is 2. The molecule has 1 aliphatic rings. The minimum absolute atomic E-state index is 0.00198. The molecular weight excluding hydrogens is 324 g/mol. The van der Waals surface area contributed by atoms with Crippen LogP contribution in [0.4, 0.5) is 11.4 Å². The van der Waals surface area contributed by atoms with Crippen molar-refractivity contribution in [2.75, 3.05) is 31.5 Å². The Morgan fingerprint density at radius 2 is 1.96 bits per heavy atom. The highest BCUT2D eigenvalue weighted by Gasteiger charge is 2.16. The summed E-state index contributed by atoms with van der Waals surface area (Å²) >= 11 is 0. The Bertz CT molecular complexity index is 819. The molecule has 3 rings (SSSR count). The quantitative estimate of drug-likeness (QED) is 0.870. The van der Waals surface area contributed by atoms with Gasteiger partial charge < -0.3 is 24.8 Å². The molecule has 130 valence electrons. The maximum absolute atomic E-state index is 12.3. The maximum atomic E-state index is 12.3. The zero-order valence-electron chi connectivity index (χ0n) is 13.9. The van der Waals surface area contributed by atoms with Gasteiger partial charge in [0.05, 0.1) is 26.3 Å². The molecule has 7 heteroatoms. The number of hydrogen-bond donors (Lipinski definition) is 2. The number of amides is 2. The summed E-state index contributed by atoms with van der Waals surface area (Å²) < 4.78 is 15.7. The topological polar surface area (TPSA) is 85.9 Å². The molecule has 1 aliphatic heterocycles. The van der Waals surface area contributed by atoms with Crippen molar-refractivity contribution in [1.29, 1.82) is 0 Å². The number of ether oxygens (including phenoxy) is 3. The van der Waals surface area contributed by atoms with Gasteiger partial charge in [-0.15, -0.1) is 0 Å². The van der Waals surface area contributed by atoms with E-state index >= 15 is 0 Å². The van der Waals surface area contributed by atoms with Crippen LogP contribution in [-0.4, -0.2) is 32.6 Å². The van der Waals surface area contributed by atoms with E-state index in [-0.39, 0.29) is 24.8 Å². The van der Waals surface area contributed by atoms with Crippen LogP contribution in [0.15, 0.2) is 36.4 Å². The lowest BCUT2D eigenvalue weighted by Gasteiger charge is -2.18. The molecule has 0 fully saturated rings. The van der Waals surface area contributed by atoms with Crippen molar-refractivity contribution in [3.8, 4) is 17.2 Å². The highest BCUT2D eigenvalue weighted by atomic mass is 16.5. The summed E-state index contributed by atoms with van der Waals surface area (Å²) in [6.45, 7) is -0.00198. The second kappa shape index (κ2) is 7.12. The number of hydrogen-bond acceptors (Lipinski definition) is 5. The standard InChI is InChI=1S/C18H18N2O5/c1-23-15-5-3-11(7-16(15)24-2)8-17(21)19-12-4-6-14-13(9-12)20-18(22)10-25-14/h3-7,9H,8,10H2,1-2H3,(H,19,21)(H,20,22). The first-order valence-corrected chi connectivity index (χ1v) is 7.66. The average molecular weight is 342 g/mol. The lowest BCUT2D eigenvalue weighted by molar-refractivity contribution is -0.118. The van der Waals surface area contributed by atoms with Crippen molar-refractivity contribution in [1.82, 2.24) is 0 Å².